The molecule has 0 saturated carbocycles. The van der Waals surface area contributed by atoms with Gasteiger partial charge in [-0.15, -0.1) is 0 Å². The first-order chi connectivity index (χ1) is 15.8. The van der Waals surface area contributed by atoms with E-state index in [1.807, 2.05) is 36.7 Å². The monoisotopic (exact) mass is 466 g/mol. The van der Waals surface area contributed by atoms with Gasteiger partial charge < -0.3 is 5.32 Å². The van der Waals surface area contributed by atoms with Crippen LogP contribution in [0.4, 0.5) is 5.69 Å². The van der Waals surface area contributed by atoms with Gasteiger partial charge in [-0.25, -0.2) is 8.42 Å². The third kappa shape index (κ3) is 5.51. The van der Waals surface area contributed by atoms with Crippen LogP contribution >= 0.6 is 0 Å². The van der Waals surface area contributed by atoms with E-state index in [0.29, 0.717) is 30.9 Å². The van der Waals surface area contributed by atoms with E-state index in [0.717, 1.165) is 42.6 Å². The Morgan fingerprint density at radius 1 is 0.939 bits per heavy atom. The minimum absolute atomic E-state index is 0.240. The second-order valence-electron chi connectivity index (χ2n) is 8.58. The van der Waals surface area contributed by atoms with E-state index < -0.39 is 10.0 Å². The number of nitrogens with zero attached hydrogens (tertiary/aromatic N) is 3. The molecule has 3 aromatic rings. The van der Waals surface area contributed by atoms with Crippen LogP contribution in [0, 0.1) is 13.8 Å². The van der Waals surface area contributed by atoms with Gasteiger partial charge in [-0.1, -0.05) is 25.0 Å². The van der Waals surface area contributed by atoms with Gasteiger partial charge in [0.2, 0.25) is 10.0 Å². The van der Waals surface area contributed by atoms with E-state index in [9.17, 15) is 13.2 Å². The molecule has 1 N–H and O–H groups in total. The molecule has 174 valence electrons. The fourth-order valence-corrected chi connectivity index (χ4v) is 5.63. The summed E-state index contributed by atoms with van der Waals surface area (Å²) >= 11 is 0. The van der Waals surface area contributed by atoms with Crippen LogP contribution in [-0.4, -0.2) is 41.5 Å². The normalized spacial score (nSPS) is 15.2. The topological polar surface area (TPSA) is 84.3 Å². The zero-order valence-electron chi connectivity index (χ0n) is 19.1. The third-order valence-electron chi connectivity index (χ3n) is 5.97. The zero-order chi connectivity index (χ0) is 23.4. The largest absolute Gasteiger partial charge is 0.322 e. The van der Waals surface area contributed by atoms with Crippen molar-refractivity contribution in [3.05, 3.63) is 77.1 Å². The lowest BCUT2D eigenvalue weighted by atomic mass is 10.1. The van der Waals surface area contributed by atoms with Gasteiger partial charge in [-0.3, -0.25) is 9.48 Å². The minimum atomic E-state index is -3.50. The van der Waals surface area contributed by atoms with Gasteiger partial charge >= 0.3 is 0 Å². The minimum Gasteiger partial charge on any atom is -0.322 e. The van der Waals surface area contributed by atoms with Crippen molar-refractivity contribution >= 4 is 21.6 Å². The number of hydrogen-bond acceptors (Lipinski definition) is 4. The molecule has 0 unspecified atom stereocenters. The summed E-state index contributed by atoms with van der Waals surface area (Å²) in [5.41, 5.74) is 4.22. The molecule has 8 heteroatoms. The highest BCUT2D eigenvalue weighted by Gasteiger charge is 2.25. The van der Waals surface area contributed by atoms with Gasteiger partial charge in [-0.2, -0.15) is 9.40 Å². The smallest absolute Gasteiger partial charge is 0.255 e. The van der Waals surface area contributed by atoms with E-state index in [2.05, 4.69) is 10.4 Å². The number of anilines is 1. The number of aromatic nitrogens is 2. The molecule has 1 aromatic heterocycles. The molecule has 1 aliphatic rings. The summed E-state index contributed by atoms with van der Waals surface area (Å²) in [6.07, 6.45) is 3.93. The standard InChI is InChI=1S/C25H30N4O3S/c1-19-17-20(2)29(27-19)18-21-7-9-22(10-8-21)25(30)26-23-11-13-24(14-12-23)33(31,32)28-15-5-3-4-6-16-28/h7-14,17H,3-6,15-16,18H2,1-2H3,(H,26,30). The molecular weight excluding hydrogens is 436 g/mol. The van der Waals surface area contributed by atoms with Crippen molar-refractivity contribution in [2.45, 2.75) is 51.0 Å². The summed E-state index contributed by atoms with van der Waals surface area (Å²) in [4.78, 5) is 12.9. The number of nitrogens with one attached hydrogen (secondary N) is 1. The Labute approximate surface area is 195 Å². The SMILES string of the molecule is Cc1cc(C)n(Cc2ccc(C(=O)Nc3ccc(S(=O)(=O)N4CCCCCC4)cc3)cc2)n1. The van der Waals surface area contributed by atoms with Crippen molar-refractivity contribution in [2.75, 3.05) is 18.4 Å². The highest BCUT2D eigenvalue weighted by molar-refractivity contribution is 7.89. The highest BCUT2D eigenvalue weighted by Crippen LogP contribution is 2.22. The second-order valence-corrected chi connectivity index (χ2v) is 10.5. The molecule has 1 fully saturated rings. The van der Waals surface area contributed by atoms with Crippen LogP contribution < -0.4 is 5.32 Å². The van der Waals surface area contributed by atoms with Crippen LogP contribution in [0.5, 0.6) is 0 Å². The van der Waals surface area contributed by atoms with Gasteiger partial charge in [-0.05, 0) is 74.7 Å². The van der Waals surface area contributed by atoms with Crippen molar-refractivity contribution < 1.29 is 13.2 Å². The number of sulfonamides is 1. The van der Waals surface area contributed by atoms with Crippen molar-refractivity contribution in [2.24, 2.45) is 0 Å². The maximum absolute atomic E-state index is 12.9. The third-order valence-corrected chi connectivity index (χ3v) is 7.88. The number of hydrogen-bond donors (Lipinski definition) is 1. The van der Waals surface area contributed by atoms with Crippen LogP contribution in [0.2, 0.25) is 0 Å². The summed E-state index contributed by atoms with van der Waals surface area (Å²) in [5.74, 6) is -0.240. The van der Waals surface area contributed by atoms with Gasteiger partial charge in [0.15, 0.2) is 0 Å². The Balaban J connectivity index is 1.39. The Morgan fingerprint density at radius 3 is 2.15 bits per heavy atom. The Hall–Kier alpha value is -2.97. The first kappa shape index (κ1) is 23.2. The molecule has 1 saturated heterocycles. The lowest BCUT2D eigenvalue weighted by Gasteiger charge is -2.20. The molecule has 7 nitrogen and oxygen atoms in total. The van der Waals surface area contributed by atoms with E-state index >= 15 is 0 Å². The molecule has 0 atom stereocenters. The molecule has 4 rings (SSSR count). The summed E-state index contributed by atoms with van der Waals surface area (Å²) in [6.45, 7) is 5.77. The number of carbonyl (C=O) groups is 1. The van der Waals surface area contributed by atoms with E-state index in [1.54, 1.807) is 40.7 Å². The highest BCUT2D eigenvalue weighted by atomic mass is 32.2. The maximum Gasteiger partial charge on any atom is 0.255 e. The van der Waals surface area contributed by atoms with Crippen LogP contribution in [-0.2, 0) is 16.6 Å². The Morgan fingerprint density at radius 2 is 1.58 bits per heavy atom. The number of benzene rings is 2. The molecule has 33 heavy (non-hydrogen) atoms. The average Bonchev–Trinajstić information content (AvgIpc) is 2.99. The van der Waals surface area contributed by atoms with Crippen LogP contribution in [0.1, 0.15) is 53.0 Å². The maximum atomic E-state index is 12.9. The van der Waals surface area contributed by atoms with Crippen LogP contribution in [0.3, 0.4) is 0 Å². The molecule has 1 amide bonds. The van der Waals surface area contributed by atoms with Crippen LogP contribution in [0.15, 0.2) is 59.5 Å². The average molecular weight is 467 g/mol. The first-order valence-electron chi connectivity index (χ1n) is 11.3. The zero-order valence-corrected chi connectivity index (χ0v) is 19.9. The quantitative estimate of drug-likeness (QED) is 0.585. The van der Waals surface area contributed by atoms with E-state index in [4.69, 9.17) is 0 Å². The molecule has 1 aliphatic heterocycles. The summed E-state index contributed by atoms with van der Waals surface area (Å²) in [5, 5.41) is 7.31. The molecule has 0 aliphatic carbocycles. The van der Waals surface area contributed by atoms with E-state index in [-0.39, 0.29) is 10.8 Å². The predicted molar refractivity (Wildman–Crippen MR) is 129 cm³/mol. The number of rotatable bonds is 6. The molecule has 0 bridgehead atoms. The van der Waals surface area contributed by atoms with Gasteiger partial charge in [0.25, 0.3) is 5.91 Å². The van der Waals surface area contributed by atoms with Crippen LogP contribution in [0.25, 0.3) is 0 Å². The molecular formula is C25H30N4O3S. The van der Waals surface area contributed by atoms with Gasteiger partial charge in [0.05, 0.1) is 17.1 Å². The lowest BCUT2D eigenvalue weighted by molar-refractivity contribution is 0.102. The van der Waals surface area contributed by atoms with Gasteiger partial charge in [0, 0.05) is 30.0 Å². The molecule has 0 spiro atoms. The summed E-state index contributed by atoms with van der Waals surface area (Å²) < 4.78 is 29.3. The lowest BCUT2D eigenvalue weighted by Crippen LogP contribution is -2.31. The molecule has 0 radical (unpaired) electrons. The molecule has 2 aromatic carbocycles. The summed E-state index contributed by atoms with van der Waals surface area (Å²) in [7, 11) is -3.50. The first-order valence-corrected chi connectivity index (χ1v) is 12.8. The molecule has 2 heterocycles. The van der Waals surface area contributed by atoms with E-state index in [1.165, 1.54) is 0 Å². The fraction of sp³-hybridized carbons (Fsp3) is 0.360. The Bertz CT molecular complexity index is 1210. The number of amides is 1. The predicted octanol–water partition coefficient (Wildman–Crippen LogP) is 4.37. The van der Waals surface area contributed by atoms with Gasteiger partial charge in [0.1, 0.15) is 0 Å². The fourth-order valence-electron chi connectivity index (χ4n) is 4.11. The van der Waals surface area contributed by atoms with Crippen molar-refractivity contribution in [1.29, 1.82) is 0 Å². The number of aryl methyl sites for hydroxylation is 2. The summed E-state index contributed by atoms with van der Waals surface area (Å²) in [6, 6.07) is 15.8. The van der Waals surface area contributed by atoms with Crippen molar-refractivity contribution in [3.8, 4) is 0 Å². The van der Waals surface area contributed by atoms with Crippen molar-refractivity contribution in [1.82, 2.24) is 14.1 Å². The Kier molecular flexibility index (Phi) is 6.95. The van der Waals surface area contributed by atoms with Crippen molar-refractivity contribution in [3.63, 3.8) is 0 Å². The second kappa shape index (κ2) is 9.89. The number of carbonyl (C=O) groups excluding carboxylic acids is 1.